The molecule has 1 atom stereocenters. The van der Waals surface area contributed by atoms with Gasteiger partial charge in [-0.3, -0.25) is 14.9 Å². The summed E-state index contributed by atoms with van der Waals surface area (Å²) in [6, 6.07) is 10.2. The maximum absolute atomic E-state index is 12.8. The van der Waals surface area contributed by atoms with E-state index in [9.17, 15) is 9.59 Å². The molecule has 0 radical (unpaired) electrons. The first-order valence-corrected chi connectivity index (χ1v) is 8.57. The molecule has 3 rings (SSSR count). The number of methoxy groups -OCH3 is 1. The maximum Gasteiger partial charge on any atom is 0.319 e. The van der Waals surface area contributed by atoms with E-state index in [1.807, 2.05) is 23.1 Å². The van der Waals surface area contributed by atoms with Gasteiger partial charge in [-0.1, -0.05) is 30.3 Å². The number of nitrogens with one attached hydrogen (secondary N) is 1. The van der Waals surface area contributed by atoms with E-state index in [4.69, 9.17) is 4.74 Å². The van der Waals surface area contributed by atoms with Crippen molar-refractivity contribution in [1.82, 2.24) is 10.2 Å². The maximum atomic E-state index is 12.8. The molecule has 0 aromatic heterocycles. The van der Waals surface area contributed by atoms with Crippen LogP contribution in [-0.2, 0) is 20.7 Å². The third-order valence-electron chi connectivity index (χ3n) is 4.82. The number of esters is 1. The van der Waals surface area contributed by atoms with Crippen LogP contribution in [0.3, 0.4) is 0 Å². The van der Waals surface area contributed by atoms with E-state index in [0.29, 0.717) is 6.54 Å². The van der Waals surface area contributed by atoms with Crippen LogP contribution in [-0.4, -0.2) is 43.1 Å². The summed E-state index contributed by atoms with van der Waals surface area (Å²) in [5, 5.41) is 3.22. The highest BCUT2D eigenvalue weighted by atomic mass is 16.5. The molecule has 1 aromatic rings. The molecular formula is C19H24N2O3. The molecule has 5 nitrogen and oxygen atoms in total. The number of carbonyl (C=O) groups excluding carboxylic acids is 2. The molecule has 1 aliphatic heterocycles. The van der Waals surface area contributed by atoms with Gasteiger partial charge >= 0.3 is 5.97 Å². The molecule has 24 heavy (non-hydrogen) atoms. The fourth-order valence-corrected chi connectivity index (χ4v) is 3.56. The second-order valence-corrected chi connectivity index (χ2v) is 6.30. The molecular weight excluding hydrogens is 304 g/mol. The van der Waals surface area contributed by atoms with Crippen LogP contribution in [0.2, 0.25) is 0 Å². The van der Waals surface area contributed by atoms with E-state index in [1.54, 1.807) is 0 Å². The minimum atomic E-state index is -0.310. The summed E-state index contributed by atoms with van der Waals surface area (Å²) in [4.78, 5) is 26.2. The van der Waals surface area contributed by atoms with Crippen molar-refractivity contribution < 1.29 is 14.3 Å². The Labute approximate surface area is 142 Å². The first-order chi connectivity index (χ1) is 11.7. The molecule has 1 amide bonds. The lowest BCUT2D eigenvalue weighted by atomic mass is 9.92. The molecule has 1 unspecified atom stereocenters. The lowest BCUT2D eigenvalue weighted by Gasteiger charge is -2.28. The van der Waals surface area contributed by atoms with Crippen LogP contribution in [0.5, 0.6) is 0 Å². The van der Waals surface area contributed by atoms with Gasteiger partial charge in [0.25, 0.3) is 5.91 Å². The lowest BCUT2D eigenvalue weighted by Crippen LogP contribution is -2.48. The van der Waals surface area contributed by atoms with E-state index in [-0.39, 0.29) is 24.6 Å². The summed E-state index contributed by atoms with van der Waals surface area (Å²) in [6.07, 6.45) is 4.60. The number of carbonyl (C=O) groups is 2. The topological polar surface area (TPSA) is 58.6 Å². The van der Waals surface area contributed by atoms with E-state index >= 15 is 0 Å². The number of nitrogens with zero attached hydrogens (tertiary/aromatic N) is 1. The van der Waals surface area contributed by atoms with Gasteiger partial charge in [-0.05, 0) is 43.2 Å². The minimum Gasteiger partial charge on any atom is -0.468 e. The van der Waals surface area contributed by atoms with Crippen molar-refractivity contribution in [1.29, 1.82) is 0 Å². The van der Waals surface area contributed by atoms with Gasteiger partial charge in [-0.15, -0.1) is 0 Å². The van der Waals surface area contributed by atoms with E-state index in [1.165, 1.54) is 18.2 Å². The number of benzene rings is 1. The second kappa shape index (κ2) is 7.62. The van der Waals surface area contributed by atoms with Crippen LogP contribution in [0.15, 0.2) is 41.5 Å². The summed E-state index contributed by atoms with van der Waals surface area (Å²) in [6.45, 7) is 0.766. The zero-order chi connectivity index (χ0) is 16.9. The Balaban J connectivity index is 1.72. The highest BCUT2D eigenvalue weighted by Crippen LogP contribution is 2.35. The molecule has 5 heteroatoms. The summed E-state index contributed by atoms with van der Waals surface area (Å²) < 4.78 is 4.72. The Morgan fingerprint density at radius 1 is 1.25 bits per heavy atom. The van der Waals surface area contributed by atoms with Crippen LogP contribution < -0.4 is 5.32 Å². The van der Waals surface area contributed by atoms with Gasteiger partial charge in [0, 0.05) is 12.1 Å². The standard InChI is InChI=1S/C19H24N2O3/c1-24-17(22)13-20-18-15-9-5-6-10-16(15)19(23)21(18)12-11-14-7-3-2-4-8-14/h2-4,7-8,18,20H,5-6,9-13H2,1H3. The summed E-state index contributed by atoms with van der Waals surface area (Å²) in [5.41, 5.74) is 3.33. The Kier molecular flexibility index (Phi) is 5.30. The van der Waals surface area contributed by atoms with Crippen LogP contribution in [0.25, 0.3) is 0 Å². The molecule has 0 spiro atoms. The smallest absolute Gasteiger partial charge is 0.319 e. The van der Waals surface area contributed by atoms with Gasteiger partial charge in [0.1, 0.15) is 6.17 Å². The zero-order valence-electron chi connectivity index (χ0n) is 14.1. The Bertz CT molecular complexity index is 639. The van der Waals surface area contributed by atoms with Gasteiger partial charge in [0.2, 0.25) is 0 Å². The molecule has 1 aromatic carbocycles. The van der Waals surface area contributed by atoms with Gasteiger partial charge in [-0.2, -0.15) is 0 Å². The quantitative estimate of drug-likeness (QED) is 0.812. The normalized spacial score (nSPS) is 20.3. The van der Waals surface area contributed by atoms with Crippen LogP contribution in [0.1, 0.15) is 31.2 Å². The first kappa shape index (κ1) is 16.7. The molecule has 128 valence electrons. The van der Waals surface area contributed by atoms with Crippen molar-refractivity contribution >= 4 is 11.9 Å². The molecule has 1 aliphatic carbocycles. The van der Waals surface area contributed by atoms with Gasteiger partial charge in [-0.25, -0.2) is 0 Å². The zero-order valence-corrected chi connectivity index (χ0v) is 14.1. The molecule has 0 fully saturated rings. The van der Waals surface area contributed by atoms with Crippen molar-refractivity contribution in [3.8, 4) is 0 Å². The van der Waals surface area contributed by atoms with E-state index in [0.717, 1.165) is 37.7 Å². The Hall–Kier alpha value is -2.14. The van der Waals surface area contributed by atoms with Crippen LogP contribution in [0.4, 0.5) is 0 Å². The largest absolute Gasteiger partial charge is 0.468 e. The summed E-state index contributed by atoms with van der Waals surface area (Å²) >= 11 is 0. The Morgan fingerprint density at radius 2 is 2.00 bits per heavy atom. The average Bonchev–Trinajstić information content (AvgIpc) is 2.90. The van der Waals surface area contributed by atoms with E-state index in [2.05, 4.69) is 17.4 Å². The van der Waals surface area contributed by atoms with Crippen LogP contribution >= 0.6 is 0 Å². The SMILES string of the molecule is COC(=O)CNC1C2=C(CCCC2)C(=O)N1CCc1ccccc1. The second-order valence-electron chi connectivity index (χ2n) is 6.30. The van der Waals surface area contributed by atoms with Gasteiger partial charge < -0.3 is 9.64 Å². The summed E-state index contributed by atoms with van der Waals surface area (Å²) in [5.74, 6) is -0.182. The van der Waals surface area contributed by atoms with Crippen molar-refractivity contribution in [2.45, 2.75) is 38.3 Å². The van der Waals surface area contributed by atoms with Crippen molar-refractivity contribution in [3.63, 3.8) is 0 Å². The van der Waals surface area contributed by atoms with Gasteiger partial charge in [0.15, 0.2) is 0 Å². The predicted molar refractivity (Wildman–Crippen MR) is 91.2 cm³/mol. The average molecular weight is 328 g/mol. The number of rotatable bonds is 6. The monoisotopic (exact) mass is 328 g/mol. The van der Waals surface area contributed by atoms with Crippen molar-refractivity contribution in [2.24, 2.45) is 0 Å². The fourth-order valence-electron chi connectivity index (χ4n) is 3.56. The third-order valence-corrected chi connectivity index (χ3v) is 4.82. The van der Waals surface area contributed by atoms with Crippen LogP contribution in [0, 0.1) is 0 Å². The van der Waals surface area contributed by atoms with Crippen molar-refractivity contribution in [3.05, 3.63) is 47.0 Å². The predicted octanol–water partition coefficient (Wildman–Crippen LogP) is 2.03. The number of hydrogen-bond donors (Lipinski definition) is 1. The fraction of sp³-hybridized carbons (Fsp3) is 0.474. The Morgan fingerprint density at radius 3 is 2.75 bits per heavy atom. The number of amides is 1. The lowest BCUT2D eigenvalue weighted by molar-refractivity contribution is -0.140. The van der Waals surface area contributed by atoms with Crippen molar-refractivity contribution in [2.75, 3.05) is 20.2 Å². The van der Waals surface area contributed by atoms with E-state index < -0.39 is 0 Å². The number of ether oxygens (including phenoxy) is 1. The molecule has 2 aliphatic rings. The molecule has 0 saturated heterocycles. The highest BCUT2D eigenvalue weighted by Gasteiger charge is 2.39. The minimum absolute atomic E-state index is 0.118. The molecule has 1 heterocycles. The van der Waals surface area contributed by atoms with Gasteiger partial charge in [0.05, 0.1) is 13.7 Å². The third kappa shape index (κ3) is 3.51. The highest BCUT2D eigenvalue weighted by molar-refractivity contribution is 5.98. The molecule has 0 bridgehead atoms. The first-order valence-electron chi connectivity index (χ1n) is 8.57. The summed E-state index contributed by atoms with van der Waals surface area (Å²) in [7, 11) is 1.38. The molecule has 0 saturated carbocycles. The number of hydrogen-bond acceptors (Lipinski definition) is 4. The molecule has 1 N–H and O–H groups in total.